The van der Waals surface area contributed by atoms with Gasteiger partial charge in [-0.3, -0.25) is 4.68 Å². The van der Waals surface area contributed by atoms with Crippen molar-refractivity contribution in [3.8, 4) is 0 Å². The van der Waals surface area contributed by atoms with Crippen molar-refractivity contribution in [2.45, 2.75) is 17.5 Å². The van der Waals surface area contributed by atoms with Gasteiger partial charge in [-0.05, 0) is 0 Å². The molecule has 0 aromatic carbocycles. The average Bonchev–Trinajstić information content (AvgIpc) is 2.83. The maximum Gasteiger partial charge on any atom is 0.276 e. The van der Waals surface area contributed by atoms with Crippen LogP contribution in [0.25, 0.3) is 0 Å². The van der Waals surface area contributed by atoms with E-state index in [1.807, 2.05) is 19.4 Å². The summed E-state index contributed by atoms with van der Waals surface area (Å²) in [5.74, 6) is 1.23. The predicted octanol–water partition coefficient (Wildman–Crippen LogP) is 0.554. The molecular formula is C8H11N5OS. The molecule has 0 saturated carbocycles. The van der Waals surface area contributed by atoms with Crippen molar-refractivity contribution in [1.82, 2.24) is 20.0 Å². The fourth-order valence-electron chi connectivity index (χ4n) is 1.07. The van der Waals surface area contributed by atoms with Gasteiger partial charge in [0.2, 0.25) is 5.89 Å². The average molecular weight is 225 g/mol. The van der Waals surface area contributed by atoms with E-state index >= 15 is 0 Å². The van der Waals surface area contributed by atoms with Gasteiger partial charge in [-0.25, -0.2) is 0 Å². The Labute approximate surface area is 90.9 Å². The van der Waals surface area contributed by atoms with Crippen LogP contribution in [0.5, 0.6) is 0 Å². The van der Waals surface area contributed by atoms with Gasteiger partial charge in [0.05, 0.1) is 12.7 Å². The van der Waals surface area contributed by atoms with E-state index in [-0.39, 0.29) is 6.54 Å². The summed E-state index contributed by atoms with van der Waals surface area (Å²) in [5.41, 5.74) is 6.48. The fourth-order valence-corrected chi connectivity index (χ4v) is 1.76. The number of aryl methyl sites for hydroxylation is 1. The molecule has 0 spiro atoms. The zero-order chi connectivity index (χ0) is 10.7. The lowest BCUT2D eigenvalue weighted by Crippen LogP contribution is -1.95. The van der Waals surface area contributed by atoms with Crippen LogP contribution in [-0.2, 0) is 19.3 Å². The largest absolute Gasteiger partial charge is 0.415 e. The summed E-state index contributed by atoms with van der Waals surface area (Å²) < 4.78 is 7.01. The third-order valence-corrected chi connectivity index (χ3v) is 2.63. The van der Waals surface area contributed by atoms with Gasteiger partial charge in [-0.1, -0.05) is 11.8 Å². The minimum absolute atomic E-state index is 0.278. The standard InChI is InChI=1S/C8H11N5OS/c1-13-4-6(3-10-13)5-15-8-12-11-7(2-9)14-8/h3-4H,2,5,9H2,1H3. The van der Waals surface area contributed by atoms with E-state index in [1.54, 1.807) is 4.68 Å². The molecule has 0 amide bonds. The van der Waals surface area contributed by atoms with E-state index in [0.717, 1.165) is 11.3 Å². The molecule has 2 aromatic heterocycles. The monoisotopic (exact) mass is 225 g/mol. The predicted molar refractivity (Wildman–Crippen MR) is 55.0 cm³/mol. The third-order valence-electron chi connectivity index (χ3n) is 1.74. The third kappa shape index (κ3) is 2.57. The Hall–Kier alpha value is -1.34. The second-order valence-electron chi connectivity index (χ2n) is 2.98. The minimum atomic E-state index is 0.278. The van der Waals surface area contributed by atoms with Gasteiger partial charge >= 0.3 is 0 Å². The molecule has 0 radical (unpaired) electrons. The number of aromatic nitrogens is 4. The Kier molecular flexibility index (Phi) is 3.02. The van der Waals surface area contributed by atoms with Crippen LogP contribution in [0, 0.1) is 0 Å². The van der Waals surface area contributed by atoms with Gasteiger partial charge in [0.25, 0.3) is 5.22 Å². The fraction of sp³-hybridized carbons (Fsp3) is 0.375. The molecular weight excluding hydrogens is 214 g/mol. The van der Waals surface area contributed by atoms with Crippen molar-refractivity contribution in [3.63, 3.8) is 0 Å². The van der Waals surface area contributed by atoms with Crippen molar-refractivity contribution in [3.05, 3.63) is 23.8 Å². The van der Waals surface area contributed by atoms with Crippen LogP contribution in [0.15, 0.2) is 22.0 Å². The summed E-state index contributed by atoms with van der Waals surface area (Å²) in [5, 5.41) is 12.2. The number of nitrogens with two attached hydrogens (primary N) is 1. The summed E-state index contributed by atoms with van der Waals surface area (Å²) in [6.45, 7) is 0.278. The van der Waals surface area contributed by atoms with Gasteiger partial charge in [0.15, 0.2) is 0 Å². The summed E-state index contributed by atoms with van der Waals surface area (Å²) in [7, 11) is 1.88. The number of nitrogens with zero attached hydrogens (tertiary/aromatic N) is 4. The molecule has 6 nitrogen and oxygen atoms in total. The second kappa shape index (κ2) is 4.45. The molecule has 2 rings (SSSR count). The van der Waals surface area contributed by atoms with Crippen molar-refractivity contribution in [2.75, 3.05) is 0 Å². The lowest BCUT2D eigenvalue weighted by Gasteiger charge is -1.91. The first-order valence-electron chi connectivity index (χ1n) is 4.40. The highest BCUT2D eigenvalue weighted by molar-refractivity contribution is 7.98. The Bertz CT molecular complexity index is 438. The van der Waals surface area contributed by atoms with Crippen LogP contribution in [0.1, 0.15) is 11.5 Å². The normalized spacial score (nSPS) is 10.8. The summed E-state index contributed by atoms with van der Waals surface area (Å²) in [4.78, 5) is 0. The molecule has 0 aliphatic heterocycles. The molecule has 2 N–H and O–H groups in total. The zero-order valence-corrected chi connectivity index (χ0v) is 9.07. The van der Waals surface area contributed by atoms with E-state index < -0.39 is 0 Å². The van der Waals surface area contributed by atoms with Crippen LogP contribution in [0.2, 0.25) is 0 Å². The molecule has 0 bridgehead atoms. The number of thioether (sulfide) groups is 1. The highest BCUT2D eigenvalue weighted by atomic mass is 32.2. The Morgan fingerprint density at radius 3 is 3.00 bits per heavy atom. The van der Waals surface area contributed by atoms with E-state index in [9.17, 15) is 0 Å². The van der Waals surface area contributed by atoms with Crippen molar-refractivity contribution < 1.29 is 4.42 Å². The smallest absolute Gasteiger partial charge is 0.276 e. The van der Waals surface area contributed by atoms with Gasteiger partial charge in [0.1, 0.15) is 0 Å². The van der Waals surface area contributed by atoms with Crippen LogP contribution < -0.4 is 5.73 Å². The van der Waals surface area contributed by atoms with Crippen molar-refractivity contribution >= 4 is 11.8 Å². The first-order valence-corrected chi connectivity index (χ1v) is 5.39. The molecule has 0 aliphatic rings. The molecule has 0 aliphatic carbocycles. The Morgan fingerprint density at radius 1 is 1.53 bits per heavy atom. The highest BCUT2D eigenvalue weighted by Crippen LogP contribution is 2.20. The van der Waals surface area contributed by atoms with Gasteiger partial charge < -0.3 is 10.2 Å². The van der Waals surface area contributed by atoms with Gasteiger partial charge in [0, 0.05) is 24.6 Å². The molecule has 7 heteroatoms. The van der Waals surface area contributed by atoms with E-state index in [0.29, 0.717) is 11.1 Å². The highest BCUT2D eigenvalue weighted by Gasteiger charge is 2.05. The number of rotatable bonds is 4. The second-order valence-corrected chi connectivity index (χ2v) is 3.90. The molecule has 80 valence electrons. The topological polar surface area (TPSA) is 82.8 Å². The lowest BCUT2D eigenvalue weighted by atomic mass is 10.4. The van der Waals surface area contributed by atoms with E-state index in [2.05, 4.69) is 15.3 Å². The molecule has 0 saturated heterocycles. The van der Waals surface area contributed by atoms with Crippen LogP contribution in [0.4, 0.5) is 0 Å². The molecule has 0 unspecified atom stereocenters. The molecule has 15 heavy (non-hydrogen) atoms. The SMILES string of the molecule is Cn1cc(CSc2nnc(CN)o2)cn1. The van der Waals surface area contributed by atoms with Gasteiger partial charge in [-0.15, -0.1) is 10.2 Å². The van der Waals surface area contributed by atoms with Gasteiger partial charge in [-0.2, -0.15) is 5.10 Å². The Balaban J connectivity index is 1.93. The first kappa shape index (κ1) is 10.2. The number of hydrogen-bond acceptors (Lipinski definition) is 6. The zero-order valence-electron chi connectivity index (χ0n) is 8.25. The van der Waals surface area contributed by atoms with E-state index in [1.165, 1.54) is 11.8 Å². The summed E-state index contributed by atoms with van der Waals surface area (Å²) >= 11 is 1.47. The van der Waals surface area contributed by atoms with Crippen LogP contribution >= 0.6 is 11.8 Å². The van der Waals surface area contributed by atoms with Crippen molar-refractivity contribution in [2.24, 2.45) is 12.8 Å². The maximum absolute atomic E-state index is 5.35. The van der Waals surface area contributed by atoms with Crippen LogP contribution in [0.3, 0.4) is 0 Å². The van der Waals surface area contributed by atoms with Crippen LogP contribution in [-0.4, -0.2) is 20.0 Å². The molecule has 0 atom stereocenters. The van der Waals surface area contributed by atoms with Crippen molar-refractivity contribution in [1.29, 1.82) is 0 Å². The molecule has 2 aromatic rings. The first-order chi connectivity index (χ1) is 7.28. The number of hydrogen-bond donors (Lipinski definition) is 1. The summed E-state index contributed by atoms with van der Waals surface area (Å²) in [6, 6.07) is 0. The summed E-state index contributed by atoms with van der Waals surface area (Å²) in [6.07, 6.45) is 3.76. The minimum Gasteiger partial charge on any atom is -0.415 e. The lowest BCUT2D eigenvalue weighted by molar-refractivity contribution is 0.415. The quantitative estimate of drug-likeness (QED) is 0.765. The van der Waals surface area contributed by atoms with E-state index in [4.69, 9.17) is 10.2 Å². The maximum atomic E-state index is 5.35. The molecule has 2 heterocycles. The Morgan fingerprint density at radius 2 is 2.40 bits per heavy atom. The molecule has 0 fully saturated rings.